The summed E-state index contributed by atoms with van der Waals surface area (Å²) in [6.45, 7) is 2.07. The quantitative estimate of drug-likeness (QED) is 0.714. The fraction of sp³-hybridized carbons (Fsp3) is 0.333. The lowest BCUT2D eigenvalue weighted by atomic mass is 10.4. The van der Waals surface area contributed by atoms with Crippen molar-refractivity contribution in [2.75, 3.05) is 0 Å². The van der Waals surface area contributed by atoms with Crippen LogP contribution in [-0.2, 0) is 4.12 Å². The van der Waals surface area contributed by atoms with Crippen molar-refractivity contribution in [3.8, 4) is 0 Å². The van der Waals surface area contributed by atoms with Crippen molar-refractivity contribution in [3.63, 3.8) is 0 Å². The molecule has 0 radical (unpaired) electrons. The van der Waals surface area contributed by atoms with Crippen LogP contribution in [-0.4, -0.2) is 23.8 Å². The van der Waals surface area contributed by atoms with Crippen LogP contribution < -0.4 is 5.19 Å². The van der Waals surface area contributed by atoms with Gasteiger partial charge in [-0.3, -0.25) is 0 Å². The third-order valence-corrected chi connectivity index (χ3v) is 7.27. The van der Waals surface area contributed by atoms with Crippen LogP contribution in [0, 0.1) is 0 Å². The molecule has 1 unspecified atom stereocenters. The second kappa shape index (κ2) is 4.71. The van der Waals surface area contributed by atoms with Crippen molar-refractivity contribution in [2.24, 2.45) is 0 Å². The largest absolute Gasteiger partial charge is 0.441 e. The smallest absolute Gasteiger partial charge is 0.358 e. The predicted molar refractivity (Wildman–Crippen MR) is 60.2 cm³/mol. The van der Waals surface area contributed by atoms with Crippen molar-refractivity contribution >= 4 is 24.2 Å². The van der Waals surface area contributed by atoms with E-state index < -0.39 is 8.56 Å². The normalized spacial score (nSPS) is 15.5. The highest BCUT2D eigenvalue weighted by molar-refractivity contribution is 6.81. The molecule has 0 heterocycles. The van der Waals surface area contributed by atoms with Crippen LogP contribution in [0.15, 0.2) is 30.3 Å². The van der Waals surface area contributed by atoms with Crippen molar-refractivity contribution in [3.05, 3.63) is 30.3 Å². The lowest BCUT2D eigenvalue weighted by molar-refractivity contribution is 0.408. The average Bonchev–Trinajstić information content (AvgIpc) is 2.19. The predicted octanol–water partition coefficient (Wildman–Crippen LogP) is 0.0351. The van der Waals surface area contributed by atoms with Gasteiger partial charge in [0.15, 0.2) is 0 Å². The number of rotatable bonds is 4. The highest BCUT2D eigenvalue weighted by Gasteiger charge is 2.32. The molecule has 0 aliphatic carbocycles. The second-order valence-electron chi connectivity index (χ2n) is 3.10. The van der Waals surface area contributed by atoms with E-state index in [1.807, 2.05) is 30.3 Å². The minimum absolute atomic E-state index is 0.608. The van der Waals surface area contributed by atoms with Gasteiger partial charge in [0.1, 0.15) is 10.5 Å². The summed E-state index contributed by atoms with van der Waals surface area (Å²) in [6.07, 6.45) is 0.972. The maximum absolute atomic E-state index is 10.2. The van der Waals surface area contributed by atoms with Gasteiger partial charge in [-0.15, -0.1) is 0 Å². The van der Waals surface area contributed by atoms with E-state index in [9.17, 15) is 4.80 Å². The molecule has 0 saturated heterocycles. The van der Waals surface area contributed by atoms with Crippen LogP contribution in [0.4, 0.5) is 0 Å². The summed E-state index contributed by atoms with van der Waals surface area (Å²) in [6, 6.07) is 10.6. The van der Waals surface area contributed by atoms with E-state index in [-0.39, 0.29) is 0 Å². The molecular weight excluding hydrogens is 196 g/mol. The van der Waals surface area contributed by atoms with Crippen molar-refractivity contribution in [2.45, 2.75) is 19.4 Å². The number of hydrogen-bond acceptors (Lipinski definition) is 2. The Bertz CT molecular complexity index is 253. The van der Waals surface area contributed by atoms with Crippen LogP contribution in [0.25, 0.3) is 0 Å². The molecule has 0 saturated carbocycles. The van der Waals surface area contributed by atoms with Gasteiger partial charge in [0, 0.05) is 0 Å². The van der Waals surface area contributed by atoms with Gasteiger partial charge in [-0.2, -0.15) is 0 Å². The van der Waals surface area contributed by atoms with Crippen molar-refractivity contribution in [1.82, 2.24) is 0 Å². The lowest BCUT2D eigenvalue weighted by Gasteiger charge is -2.22. The van der Waals surface area contributed by atoms with Crippen molar-refractivity contribution in [1.29, 1.82) is 0 Å². The van der Waals surface area contributed by atoms with Crippen LogP contribution in [0.1, 0.15) is 13.3 Å². The summed E-state index contributed by atoms with van der Waals surface area (Å²) in [7, 11) is -1.93. The third kappa shape index (κ3) is 2.51. The molecule has 1 rings (SSSR count). The van der Waals surface area contributed by atoms with Crippen LogP contribution in [0.3, 0.4) is 0 Å². The number of benzene rings is 1. The summed E-state index contributed by atoms with van der Waals surface area (Å²) in [5, 5.41) is 0.992. The van der Waals surface area contributed by atoms with E-state index in [4.69, 9.17) is 4.12 Å². The van der Waals surface area contributed by atoms with Gasteiger partial charge in [-0.1, -0.05) is 43.7 Å². The zero-order valence-electron chi connectivity index (χ0n) is 8.16. The Balaban J connectivity index is 2.89. The Labute approximate surface area is 83.4 Å². The van der Waals surface area contributed by atoms with Crippen LogP contribution in [0.2, 0.25) is 6.04 Å². The molecule has 1 aromatic rings. The Morgan fingerprint density at radius 2 is 2.00 bits per heavy atom. The molecule has 0 amide bonds. The fourth-order valence-electron chi connectivity index (χ4n) is 1.40. The Hall–Kier alpha value is -0.426. The van der Waals surface area contributed by atoms with E-state index >= 15 is 0 Å². The molecule has 0 spiro atoms. The van der Waals surface area contributed by atoms with Gasteiger partial charge < -0.3 is 8.91 Å². The van der Waals surface area contributed by atoms with Gasteiger partial charge in [0.25, 0.3) is 0 Å². The number of hydrogen-bond donors (Lipinski definition) is 1. The van der Waals surface area contributed by atoms with Gasteiger partial charge in [-0.25, -0.2) is 0 Å². The molecular formula is C9H16O2Si2. The van der Waals surface area contributed by atoms with Crippen molar-refractivity contribution < 1.29 is 8.91 Å². The molecule has 0 aliphatic rings. The first kappa shape index (κ1) is 10.7. The summed E-state index contributed by atoms with van der Waals surface area (Å²) < 4.78 is 5.40. The van der Waals surface area contributed by atoms with E-state index in [0.717, 1.165) is 17.7 Å². The molecule has 0 aliphatic heterocycles. The topological polar surface area (TPSA) is 29.5 Å². The molecule has 72 valence electrons. The Morgan fingerprint density at radius 3 is 2.46 bits per heavy atom. The van der Waals surface area contributed by atoms with Crippen LogP contribution in [0.5, 0.6) is 0 Å². The molecule has 13 heavy (non-hydrogen) atoms. The summed E-state index contributed by atoms with van der Waals surface area (Å²) in [4.78, 5) is 10.2. The van der Waals surface area contributed by atoms with E-state index in [1.54, 1.807) is 0 Å². The first-order chi connectivity index (χ1) is 6.23. The first-order valence-corrected chi connectivity index (χ1v) is 7.44. The summed E-state index contributed by atoms with van der Waals surface area (Å²) in [5.74, 6) is 0. The third-order valence-electron chi connectivity index (χ3n) is 2.15. The van der Waals surface area contributed by atoms with E-state index in [1.165, 1.54) is 0 Å². The second-order valence-corrected chi connectivity index (χ2v) is 7.38. The molecule has 1 aromatic carbocycles. The van der Waals surface area contributed by atoms with Gasteiger partial charge in [0.2, 0.25) is 0 Å². The average molecular weight is 212 g/mol. The van der Waals surface area contributed by atoms with Gasteiger partial charge in [-0.05, 0) is 11.2 Å². The maximum atomic E-state index is 10.2. The van der Waals surface area contributed by atoms with Gasteiger partial charge in [0.05, 0.1) is 0 Å². The lowest BCUT2D eigenvalue weighted by Crippen LogP contribution is -2.50. The Kier molecular flexibility index (Phi) is 3.86. The minimum Gasteiger partial charge on any atom is -0.441 e. The minimum atomic E-state index is -2.54. The maximum Gasteiger partial charge on any atom is 0.358 e. The molecule has 0 aromatic heterocycles. The van der Waals surface area contributed by atoms with Gasteiger partial charge >= 0.3 is 8.56 Å². The zero-order valence-corrected chi connectivity index (χ0v) is 11.2. The Morgan fingerprint density at radius 1 is 1.38 bits per heavy atom. The van der Waals surface area contributed by atoms with E-state index in [2.05, 4.69) is 6.92 Å². The molecule has 0 bridgehead atoms. The standard InChI is InChI=1S/C9H16O2Si2/c1-2-8-13(10,11-12)9-6-4-3-5-7-9/h3-7,10H,2,8H2,1,12H3. The van der Waals surface area contributed by atoms with Crippen LogP contribution >= 0.6 is 0 Å². The molecule has 1 atom stereocenters. The molecule has 2 nitrogen and oxygen atoms in total. The first-order valence-electron chi connectivity index (χ1n) is 4.56. The molecule has 4 heteroatoms. The summed E-state index contributed by atoms with van der Waals surface area (Å²) >= 11 is 0. The van der Waals surface area contributed by atoms with E-state index in [0.29, 0.717) is 10.5 Å². The monoisotopic (exact) mass is 212 g/mol. The molecule has 0 fully saturated rings. The highest BCUT2D eigenvalue weighted by atomic mass is 28.4. The fourth-order valence-corrected chi connectivity index (χ4v) is 4.84. The zero-order chi connectivity index (χ0) is 9.73. The summed E-state index contributed by atoms with van der Waals surface area (Å²) in [5.41, 5.74) is 0. The molecule has 1 N–H and O–H groups in total. The SMILES string of the molecule is CCC[Si](O)(O[SiH3])c1ccccc1. The highest BCUT2D eigenvalue weighted by Crippen LogP contribution is 2.09.